The molecule has 0 bridgehead atoms. The zero-order valence-corrected chi connectivity index (χ0v) is 23.0. The van der Waals surface area contributed by atoms with E-state index in [9.17, 15) is 28.9 Å². The first-order valence-electron chi connectivity index (χ1n) is 10.8. The van der Waals surface area contributed by atoms with Crippen LogP contribution in [0.5, 0.6) is 11.5 Å². The zero-order valence-electron chi connectivity index (χ0n) is 21.5. The summed E-state index contributed by atoms with van der Waals surface area (Å²) in [5, 5.41) is 10.2. The third kappa shape index (κ3) is 7.23. The molecule has 0 N–H and O–H groups in total. The molecule has 0 fully saturated rings. The number of carbonyl (C=O) groups excluding carboxylic acids is 3. The topological polar surface area (TPSA) is 135 Å². The molecule has 38 heavy (non-hydrogen) atoms. The standard InChI is InChI=1S/C24H25Cl2FN2O9/c1-23(2,3)37-21(31)28(22(32)38-24(4,5)6)14-9-8-12(27)19(17(14)25)36-15-11-10-13(29(33)34)16(18(15)26)20(30)35-7/h8-11H,1-7H3. The van der Waals surface area contributed by atoms with E-state index in [0.29, 0.717) is 4.90 Å². The van der Waals surface area contributed by atoms with Gasteiger partial charge < -0.3 is 18.9 Å². The third-order valence-corrected chi connectivity index (χ3v) is 5.05. The molecule has 0 saturated heterocycles. The molecule has 0 atom stereocenters. The number of hydrogen-bond acceptors (Lipinski definition) is 9. The highest BCUT2D eigenvalue weighted by Crippen LogP contribution is 2.43. The number of nitrogens with zero attached hydrogens (tertiary/aromatic N) is 2. The van der Waals surface area contributed by atoms with Crippen molar-refractivity contribution in [3.8, 4) is 11.5 Å². The predicted octanol–water partition coefficient (Wildman–Crippen LogP) is 7.30. The van der Waals surface area contributed by atoms with Gasteiger partial charge in [0.25, 0.3) is 5.69 Å². The minimum absolute atomic E-state index is 0.363. The molecule has 0 spiro atoms. The molecule has 0 aliphatic heterocycles. The number of hydrogen-bond donors (Lipinski definition) is 0. The second kappa shape index (κ2) is 11.4. The molecular formula is C24H25Cl2FN2O9. The summed E-state index contributed by atoms with van der Waals surface area (Å²) in [7, 11) is 0.984. The van der Waals surface area contributed by atoms with Crippen LogP contribution in [0.4, 0.5) is 25.4 Å². The summed E-state index contributed by atoms with van der Waals surface area (Å²) in [6.07, 6.45) is -2.35. The molecule has 0 heterocycles. The quantitative estimate of drug-likeness (QED) is 0.156. The number of anilines is 1. The van der Waals surface area contributed by atoms with Gasteiger partial charge in [-0.2, -0.15) is 4.90 Å². The number of halogens is 3. The molecule has 2 rings (SSSR count). The summed E-state index contributed by atoms with van der Waals surface area (Å²) in [6, 6.07) is 3.78. The summed E-state index contributed by atoms with van der Waals surface area (Å²) in [6.45, 7) is 9.38. The molecule has 206 valence electrons. The van der Waals surface area contributed by atoms with Crippen molar-refractivity contribution in [1.29, 1.82) is 0 Å². The number of nitro benzene ring substituents is 1. The Morgan fingerprint density at radius 2 is 1.45 bits per heavy atom. The number of carbonyl (C=O) groups is 3. The number of benzene rings is 2. The van der Waals surface area contributed by atoms with Crippen LogP contribution in [0.25, 0.3) is 0 Å². The molecule has 14 heteroatoms. The summed E-state index contributed by atoms with van der Waals surface area (Å²) >= 11 is 12.6. The summed E-state index contributed by atoms with van der Waals surface area (Å²) < 4.78 is 35.5. The molecule has 0 aromatic heterocycles. The fourth-order valence-electron chi connectivity index (χ4n) is 2.86. The van der Waals surface area contributed by atoms with Gasteiger partial charge in [0, 0.05) is 6.07 Å². The molecule has 2 amide bonds. The summed E-state index contributed by atoms with van der Waals surface area (Å²) in [5.41, 5.74) is -3.75. The molecular weight excluding hydrogens is 550 g/mol. The van der Waals surface area contributed by atoms with Crippen LogP contribution in [0, 0.1) is 15.9 Å². The average molecular weight is 575 g/mol. The van der Waals surface area contributed by atoms with Crippen molar-refractivity contribution in [2.24, 2.45) is 0 Å². The van der Waals surface area contributed by atoms with Gasteiger partial charge in [0.1, 0.15) is 27.0 Å². The maximum atomic E-state index is 14.9. The lowest BCUT2D eigenvalue weighted by atomic mass is 10.1. The number of methoxy groups -OCH3 is 1. The van der Waals surface area contributed by atoms with E-state index in [2.05, 4.69) is 4.74 Å². The van der Waals surface area contributed by atoms with Crippen molar-refractivity contribution in [3.05, 3.63) is 55.8 Å². The van der Waals surface area contributed by atoms with E-state index in [0.717, 1.165) is 31.4 Å². The van der Waals surface area contributed by atoms with Crippen molar-refractivity contribution in [1.82, 2.24) is 0 Å². The number of ether oxygens (including phenoxy) is 4. The number of nitro groups is 1. The van der Waals surface area contributed by atoms with E-state index < -0.39 is 72.9 Å². The lowest BCUT2D eigenvalue weighted by Gasteiger charge is -2.29. The van der Waals surface area contributed by atoms with Crippen molar-refractivity contribution in [2.75, 3.05) is 12.0 Å². The minimum Gasteiger partial charge on any atom is -0.465 e. The van der Waals surface area contributed by atoms with Gasteiger partial charge in [-0.05, 0) is 59.7 Å². The van der Waals surface area contributed by atoms with Crippen LogP contribution in [0.1, 0.15) is 51.9 Å². The maximum Gasteiger partial charge on any atom is 0.424 e. The number of imide groups is 1. The smallest absolute Gasteiger partial charge is 0.424 e. The molecule has 0 aliphatic carbocycles. The SMILES string of the molecule is COC(=O)c1c([N+](=O)[O-])ccc(Oc2c(F)ccc(N(C(=O)OC(C)(C)C)C(=O)OC(C)(C)C)c2Cl)c1Cl. The van der Waals surface area contributed by atoms with Gasteiger partial charge in [0.05, 0.1) is 17.7 Å². The number of esters is 1. The third-order valence-electron chi connectivity index (χ3n) is 4.30. The molecule has 11 nitrogen and oxygen atoms in total. The normalized spacial score (nSPS) is 11.4. The van der Waals surface area contributed by atoms with Gasteiger partial charge in [0.15, 0.2) is 17.1 Å². The molecule has 2 aromatic carbocycles. The Morgan fingerprint density at radius 1 is 0.921 bits per heavy atom. The minimum atomic E-state index is -1.17. The van der Waals surface area contributed by atoms with Crippen LogP contribution < -0.4 is 9.64 Å². The summed E-state index contributed by atoms with van der Waals surface area (Å²) in [4.78, 5) is 49.0. The van der Waals surface area contributed by atoms with Crippen molar-refractivity contribution in [3.63, 3.8) is 0 Å². The Morgan fingerprint density at radius 3 is 1.89 bits per heavy atom. The molecule has 2 aromatic rings. The zero-order chi connectivity index (χ0) is 29.2. The Labute approximate surface area is 227 Å². The first kappa shape index (κ1) is 30.6. The van der Waals surface area contributed by atoms with Crippen LogP contribution >= 0.6 is 23.2 Å². The van der Waals surface area contributed by atoms with Gasteiger partial charge in [-0.1, -0.05) is 23.2 Å². The fourth-order valence-corrected chi connectivity index (χ4v) is 3.41. The lowest BCUT2D eigenvalue weighted by molar-refractivity contribution is -0.385. The van der Waals surface area contributed by atoms with Crippen LogP contribution in [0.15, 0.2) is 24.3 Å². The van der Waals surface area contributed by atoms with Gasteiger partial charge >= 0.3 is 18.2 Å². The van der Waals surface area contributed by atoms with E-state index in [1.165, 1.54) is 0 Å². The van der Waals surface area contributed by atoms with E-state index in [-0.39, 0.29) is 5.69 Å². The van der Waals surface area contributed by atoms with Gasteiger partial charge in [-0.15, -0.1) is 0 Å². The Hall–Kier alpha value is -3.64. The predicted molar refractivity (Wildman–Crippen MR) is 136 cm³/mol. The monoisotopic (exact) mass is 574 g/mol. The Bertz CT molecular complexity index is 1260. The first-order chi connectivity index (χ1) is 17.4. The van der Waals surface area contributed by atoms with E-state index in [4.69, 9.17) is 37.4 Å². The van der Waals surface area contributed by atoms with Crippen molar-refractivity contribution >= 4 is 52.7 Å². The summed E-state index contributed by atoms with van der Waals surface area (Å²) in [5.74, 6) is -3.32. The average Bonchev–Trinajstić information content (AvgIpc) is 2.76. The number of rotatable bonds is 5. The van der Waals surface area contributed by atoms with E-state index in [1.807, 2.05) is 0 Å². The first-order valence-corrected chi connectivity index (χ1v) is 11.6. The van der Waals surface area contributed by atoms with Gasteiger partial charge in [-0.25, -0.2) is 18.8 Å². The van der Waals surface area contributed by atoms with E-state index in [1.54, 1.807) is 41.5 Å². The molecule has 0 unspecified atom stereocenters. The van der Waals surface area contributed by atoms with Crippen molar-refractivity contribution < 1.29 is 42.6 Å². The van der Waals surface area contributed by atoms with Crippen LogP contribution in [0.2, 0.25) is 10.0 Å². The van der Waals surface area contributed by atoms with Crippen LogP contribution in [0.3, 0.4) is 0 Å². The van der Waals surface area contributed by atoms with Gasteiger partial charge in [0.2, 0.25) is 0 Å². The highest BCUT2D eigenvalue weighted by Gasteiger charge is 2.36. The molecule has 0 aliphatic rings. The largest absolute Gasteiger partial charge is 0.465 e. The van der Waals surface area contributed by atoms with Crippen LogP contribution in [-0.2, 0) is 14.2 Å². The maximum absolute atomic E-state index is 14.9. The Kier molecular flexibility index (Phi) is 9.17. The number of amides is 2. The Balaban J connectivity index is 2.68. The molecule has 0 saturated carbocycles. The highest BCUT2D eigenvalue weighted by molar-refractivity contribution is 6.37. The van der Waals surface area contributed by atoms with Crippen molar-refractivity contribution in [2.45, 2.75) is 52.7 Å². The highest BCUT2D eigenvalue weighted by atomic mass is 35.5. The van der Waals surface area contributed by atoms with Gasteiger partial charge in [-0.3, -0.25) is 10.1 Å². The lowest BCUT2D eigenvalue weighted by Crippen LogP contribution is -2.44. The molecule has 0 radical (unpaired) electrons. The fraction of sp³-hybridized carbons (Fsp3) is 0.375. The van der Waals surface area contributed by atoms with E-state index >= 15 is 0 Å². The second-order valence-electron chi connectivity index (χ2n) is 9.63. The van der Waals surface area contributed by atoms with Crippen LogP contribution in [-0.4, -0.2) is 41.4 Å². The second-order valence-corrected chi connectivity index (χ2v) is 10.4.